The van der Waals surface area contributed by atoms with Crippen LogP contribution in [0.3, 0.4) is 0 Å². The number of nitrogens with zero attached hydrogens (tertiary/aromatic N) is 5. The Hall–Kier alpha value is -2.69. The van der Waals surface area contributed by atoms with Gasteiger partial charge in [0.15, 0.2) is 5.82 Å². The Balaban J connectivity index is 1.57. The number of nitrogens with two attached hydrogens (primary N) is 2. The first-order chi connectivity index (χ1) is 15.0. The van der Waals surface area contributed by atoms with Gasteiger partial charge in [0.2, 0.25) is 11.7 Å². The number of halogens is 2. The van der Waals surface area contributed by atoms with Crippen molar-refractivity contribution in [1.82, 2.24) is 15.4 Å². The van der Waals surface area contributed by atoms with Crippen molar-refractivity contribution in [2.45, 2.75) is 5.79 Å². The van der Waals surface area contributed by atoms with Gasteiger partial charge in [-0.3, -0.25) is 5.73 Å². The largest absolute Gasteiger partial charge is 0.378 e. The van der Waals surface area contributed by atoms with Gasteiger partial charge in [-0.15, -0.1) is 0 Å². The summed E-state index contributed by atoms with van der Waals surface area (Å²) in [6.45, 7) is 2.62. The van der Waals surface area contributed by atoms with Gasteiger partial charge in [-0.05, 0) is 24.3 Å². The van der Waals surface area contributed by atoms with E-state index >= 15 is 0 Å². The summed E-state index contributed by atoms with van der Waals surface area (Å²) < 4.78 is 5.48. The lowest BCUT2D eigenvalue weighted by Gasteiger charge is -2.35. The molecular formula is C20H20Cl2N8O. The van der Waals surface area contributed by atoms with Crippen LogP contribution in [0.4, 0.5) is 11.5 Å². The zero-order chi connectivity index (χ0) is 21.6. The van der Waals surface area contributed by atoms with Crippen LogP contribution >= 0.6 is 23.2 Å². The first kappa shape index (κ1) is 20.2. The summed E-state index contributed by atoms with van der Waals surface area (Å²) in [6.07, 6.45) is 1.45. The van der Waals surface area contributed by atoms with E-state index in [1.54, 1.807) is 17.1 Å². The van der Waals surface area contributed by atoms with Crippen molar-refractivity contribution in [3.05, 3.63) is 58.3 Å². The lowest BCUT2D eigenvalue weighted by molar-refractivity contribution is 0.122. The number of rotatable bonds is 3. The number of para-hydroxylation sites is 1. The van der Waals surface area contributed by atoms with Gasteiger partial charge in [0.05, 0.1) is 29.4 Å². The predicted molar refractivity (Wildman–Crippen MR) is 122 cm³/mol. The van der Waals surface area contributed by atoms with Gasteiger partial charge in [-0.2, -0.15) is 5.43 Å². The third kappa shape index (κ3) is 3.54. The molecule has 1 saturated heterocycles. The lowest BCUT2D eigenvalue weighted by Crippen LogP contribution is -2.54. The quantitative estimate of drug-likeness (QED) is 0.546. The Kier molecular flexibility index (Phi) is 5.07. The maximum absolute atomic E-state index is 6.74. The smallest absolute Gasteiger partial charge is 0.215 e. The number of fused-ring (bicyclic) bond motifs is 1. The average Bonchev–Trinajstić information content (AvgIpc) is 3.09. The molecule has 3 heterocycles. The predicted octanol–water partition coefficient (Wildman–Crippen LogP) is 2.18. The van der Waals surface area contributed by atoms with E-state index in [0.717, 1.165) is 11.2 Å². The fraction of sp³-hybridized carbons (Fsp3) is 0.250. The molecule has 9 nitrogen and oxygen atoms in total. The highest BCUT2D eigenvalue weighted by Crippen LogP contribution is 2.38. The van der Waals surface area contributed by atoms with E-state index in [4.69, 9.17) is 39.4 Å². The fourth-order valence-electron chi connectivity index (χ4n) is 3.89. The number of anilines is 2. The topological polar surface area (TPSA) is 118 Å². The Morgan fingerprint density at radius 1 is 1.10 bits per heavy atom. The van der Waals surface area contributed by atoms with Crippen LogP contribution in [0.1, 0.15) is 5.56 Å². The second-order valence-electron chi connectivity index (χ2n) is 7.28. The first-order valence-electron chi connectivity index (χ1n) is 9.70. The molecule has 2 aliphatic heterocycles. The Labute approximate surface area is 188 Å². The molecule has 0 radical (unpaired) electrons. The molecule has 5 rings (SSSR count). The molecule has 5 N–H and O–H groups in total. The molecule has 2 aromatic carbocycles. The number of aliphatic imine (C=N–C) groups is 1. The van der Waals surface area contributed by atoms with Crippen LogP contribution in [0.25, 0.3) is 10.9 Å². The minimum Gasteiger partial charge on any atom is -0.378 e. The van der Waals surface area contributed by atoms with Gasteiger partial charge in [-0.1, -0.05) is 35.3 Å². The van der Waals surface area contributed by atoms with Crippen molar-refractivity contribution in [2.24, 2.45) is 16.5 Å². The highest BCUT2D eigenvalue weighted by molar-refractivity contribution is 6.33. The highest BCUT2D eigenvalue weighted by atomic mass is 35.5. The molecule has 0 spiro atoms. The van der Waals surface area contributed by atoms with Crippen molar-refractivity contribution >= 4 is 51.6 Å². The van der Waals surface area contributed by atoms with E-state index in [1.165, 1.54) is 6.33 Å². The van der Waals surface area contributed by atoms with Gasteiger partial charge >= 0.3 is 0 Å². The van der Waals surface area contributed by atoms with Crippen LogP contribution in [0.2, 0.25) is 10.0 Å². The molecule has 160 valence electrons. The van der Waals surface area contributed by atoms with Crippen LogP contribution in [-0.4, -0.2) is 42.2 Å². The molecule has 0 amide bonds. The summed E-state index contributed by atoms with van der Waals surface area (Å²) in [7, 11) is 0. The fourth-order valence-corrected chi connectivity index (χ4v) is 4.36. The molecule has 1 unspecified atom stereocenters. The molecule has 3 aromatic rings. The number of guanidine groups is 1. The van der Waals surface area contributed by atoms with E-state index in [0.29, 0.717) is 53.1 Å². The van der Waals surface area contributed by atoms with Crippen molar-refractivity contribution < 1.29 is 4.74 Å². The maximum Gasteiger partial charge on any atom is 0.215 e. The van der Waals surface area contributed by atoms with Crippen LogP contribution in [0.5, 0.6) is 0 Å². The van der Waals surface area contributed by atoms with Crippen molar-refractivity contribution in [1.29, 1.82) is 0 Å². The number of morpholine rings is 1. The molecule has 2 aliphatic rings. The number of hydrogen-bond acceptors (Lipinski definition) is 9. The maximum atomic E-state index is 6.74. The van der Waals surface area contributed by atoms with Gasteiger partial charge in [-0.25, -0.2) is 20.0 Å². The van der Waals surface area contributed by atoms with Crippen molar-refractivity contribution in [2.75, 3.05) is 36.2 Å². The van der Waals surface area contributed by atoms with Crippen LogP contribution in [0, 0.1) is 0 Å². The molecule has 1 atom stereocenters. The third-order valence-corrected chi connectivity index (χ3v) is 5.86. The van der Waals surface area contributed by atoms with E-state index in [2.05, 4.69) is 25.3 Å². The van der Waals surface area contributed by atoms with E-state index in [1.807, 2.05) is 24.3 Å². The standard InChI is InChI=1S/C20H20Cl2N8O/c21-12-4-5-16-13(10-12)18(26-11-25-16)30-19(23)27-20(24,28-30)14-2-1-3-15(22)17(14)29-6-8-31-9-7-29/h1-5,10-11,28H,6-9,24H2,(H2,23,27). The normalized spacial score (nSPS) is 21.6. The molecule has 11 heteroatoms. The van der Waals surface area contributed by atoms with E-state index < -0.39 is 5.79 Å². The summed E-state index contributed by atoms with van der Waals surface area (Å²) in [4.78, 5) is 15.4. The zero-order valence-corrected chi connectivity index (χ0v) is 17.9. The number of aromatic nitrogens is 2. The molecule has 0 saturated carbocycles. The second-order valence-corrected chi connectivity index (χ2v) is 8.12. The average molecular weight is 459 g/mol. The van der Waals surface area contributed by atoms with Crippen LogP contribution < -0.4 is 26.8 Å². The summed E-state index contributed by atoms with van der Waals surface area (Å²) in [6, 6.07) is 10.9. The Morgan fingerprint density at radius 3 is 2.71 bits per heavy atom. The summed E-state index contributed by atoms with van der Waals surface area (Å²) >= 11 is 12.8. The van der Waals surface area contributed by atoms with E-state index in [-0.39, 0.29) is 5.96 Å². The number of hydrazine groups is 1. The second kappa shape index (κ2) is 7.77. The molecule has 31 heavy (non-hydrogen) atoms. The molecular weight excluding hydrogens is 439 g/mol. The van der Waals surface area contributed by atoms with Gasteiger partial charge in [0.25, 0.3) is 0 Å². The van der Waals surface area contributed by atoms with E-state index in [9.17, 15) is 0 Å². The highest BCUT2D eigenvalue weighted by Gasteiger charge is 2.41. The lowest BCUT2D eigenvalue weighted by atomic mass is 10.1. The Morgan fingerprint density at radius 2 is 1.90 bits per heavy atom. The summed E-state index contributed by atoms with van der Waals surface area (Å²) in [5, 5.41) is 3.40. The van der Waals surface area contributed by atoms with Gasteiger partial charge in [0.1, 0.15) is 6.33 Å². The Bertz CT molecular complexity index is 1180. The number of nitrogens with one attached hydrogen (secondary N) is 1. The number of hydrogen-bond donors (Lipinski definition) is 3. The molecule has 1 aromatic heterocycles. The SMILES string of the molecule is NC1=NC(N)(c2cccc(Cl)c2N2CCOCC2)NN1c1ncnc2ccc(Cl)cc12. The minimum atomic E-state index is -1.35. The first-order valence-corrected chi connectivity index (χ1v) is 10.5. The molecule has 0 bridgehead atoms. The van der Waals surface area contributed by atoms with Crippen molar-refractivity contribution in [3.63, 3.8) is 0 Å². The molecule has 1 fully saturated rings. The number of ether oxygens (including phenoxy) is 1. The number of benzene rings is 2. The van der Waals surface area contributed by atoms with Gasteiger partial charge < -0.3 is 15.4 Å². The summed E-state index contributed by atoms with van der Waals surface area (Å²) in [5.41, 5.74) is 18.5. The van der Waals surface area contributed by atoms with Crippen LogP contribution in [0.15, 0.2) is 47.7 Å². The van der Waals surface area contributed by atoms with Crippen LogP contribution in [-0.2, 0) is 10.5 Å². The monoisotopic (exact) mass is 458 g/mol. The zero-order valence-electron chi connectivity index (χ0n) is 16.4. The third-order valence-electron chi connectivity index (χ3n) is 5.32. The minimum absolute atomic E-state index is 0.162. The molecule has 0 aliphatic carbocycles. The van der Waals surface area contributed by atoms with Crippen molar-refractivity contribution in [3.8, 4) is 0 Å². The van der Waals surface area contributed by atoms with Gasteiger partial charge in [0, 0.05) is 29.1 Å². The summed E-state index contributed by atoms with van der Waals surface area (Å²) in [5.74, 6) is -0.690.